The Kier molecular flexibility index (Phi) is 4.92. The van der Waals surface area contributed by atoms with Crippen LogP contribution >= 0.6 is 0 Å². The molecule has 0 saturated heterocycles. The fraction of sp³-hybridized carbons (Fsp3) is 0.417. The second kappa shape index (κ2) is 5.43. The molecule has 2 nitrogen and oxygen atoms in total. The maximum absolute atomic E-state index is 11.0. The number of ketones is 1. The van der Waals surface area contributed by atoms with Gasteiger partial charge in [0.05, 0.1) is 5.56 Å². The Labute approximate surface area is 85.6 Å². The van der Waals surface area contributed by atoms with E-state index in [2.05, 4.69) is 0 Å². The van der Waals surface area contributed by atoms with Crippen LogP contribution in [0.5, 0.6) is 5.75 Å². The lowest BCUT2D eigenvalue weighted by molar-refractivity contribution is 0.101. The summed E-state index contributed by atoms with van der Waals surface area (Å²) in [7, 11) is 0. The van der Waals surface area contributed by atoms with E-state index in [1.165, 1.54) is 6.92 Å². The lowest BCUT2D eigenvalue weighted by Gasteiger charge is -2.04. The molecule has 0 unspecified atom stereocenters. The van der Waals surface area contributed by atoms with Crippen molar-refractivity contribution in [3.63, 3.8) is 0 Å². The molecule has 78 valence electrons. The monoisotopic (exact) mass is 194 g/mol. The Hall–Kier alpha value is -1.31. The lowest BCUT2D eigenvalue weighted by Crippen LogP contribution is -1.94. The molecule has 1 aromatic rings. The van der Waals surface area contributed by atoms with Crippen LogP contribution in [0.2, 0.25) is 0 Å². The average Bonchev–Trinajstić information content (AvgIpc) is 2.14. The molecule has 0 atom stereocenters. The Balaban J connectivity index is 0.000000791. The van der Waals surface area contributed by atoms with Gasteiger partial charge in [0, 0.05) is 0 Å². The van der Waals surface area contributed by atoms with Crippen molar-refractivity contribution in [2.75, 3.05) is 0 Å². The smallest absolute Gasteiger partial charge is 0.163 e. The van der Waals surface area contributed by atoms with Crippen LogP contribution in [0.25, 0.3) is 0 Å². The van der Waals surface area contributed by atoms with Crippen LogP contribution < -0.4 is 0 Å². The van der Waals surface area contributed by atoms with Gasteiger partial charge in [0.1, 0.15) is 5.75 Å². The van der Waals surface area contributed by atoms with Gasteiger partial charge in [-0.25, -0.2) is 0 Å². The molecule has 0 amide bonds. The van der Waals surface area contributed by atoms with Crippen LogP contribution in [0, 0.1) is 13.8 Å². The van der Waals surface area contributed by atoms with Gasteiger partial charge in [0.25, 0.3) is 0 Å². The molecule has 2 heteroatoms. The average molecular weight is 194 g/mol. The van der Waals surface area contributed by atoms with Gasteiger partial charge < -0.3 is 5.11 Å². The standard InChI is InChI=1S/C10H12O2.C2H6/c1-6-4-9(8(3)11)10(12)5-7(6)2;1-2/h4-5,12H,1-3H3;1-2H3. The number of carbonyl (C=O) groups excluding carboxylic acids is 1. The highest BCUT2D eigenvalue weighted by Gasteiger charge is 2.07. The molecule has 0 radical (unpaired) electrons. The van der Waals surface area contributed by atoms with Gasteiger partial charge >= 0.3 is 0 Å². The van der Waals surface area contributed by atoms with Crippen molar-refractivity contribution >= 4 is 5.78 Å². The highest BCUT2D eigenvalue weighted by atomic mass is 16.3. The van der Waals surface area contributed by atoms with Crippen molar-refractivity contribution in [2.24, 2.45) is 0 Å². The molecule has 1 N–H and O–H groups in total. The maximum Gasteiger partial charge on any atom is 0.163 e. The van der Waals surface area contributed by atoms with Crippen LogP contribution in [-0.2, 0) is 0 Å². The number of Topliss-reactive ketones (excluding diaryl/α,β-unsaturated/α-hetero) is 1. The summed E-state index contributed by atoms with van der Waals surface area (Å²) in [6, 6.07) is 3.33. The maximum atomic E-state index is 11.0. The highest BCUT2D eigenvalue weighted by molar-refractivity contribution is 5.97. The molecule has 1 aromatic carbocycles. The number of benzene rings is 1. The summed E-state index contributed by atoms with van der Waals surface area (Å²) in [5, 5.41) is 9.37. The van der Waals surface area contributed by atoms with Gasteiger partial charge in [0.15, 0.2) is 5.78 Å². The topological polar surface area (TPSA) is 37.3 Å². The van der Waals surface area contributed by atoms with Gasteiger partial charge in [-0.2, -0.15) is 0 Å². The predicted octanol–water partition coefficient (Wildman–Crippen LogP) is 3.24. The Bertz CT molecular complexity index is 327. The largest absolute Gasteiger partial charge is 0.507 e. The zero-order chi connectivity index (χ0) is 11.3. The first-order valence-corrected chi connectivity index (χ1v) is 4.83. The van der Waals surface area contributed by atoms with Crippen molar-refractivity contribution in [1.82, 2.24) is 0 Å². The van der Waals surface area contributed by atoms with Crippen molar-refractivity contribution in [3.8, 4) is 5.75 Å². The second-order valence-electron chi connectivity index (χ2n) is 3.01. The minimum absolute atomic E-state index is 0.0746. The summed E-state index contributed by atoms with van der Waals surface area (Å²) >= 11 is 0. The predicted molar refractivity (Wildman–Crippen MR) is 58.9 cm³/mol. The molecule has 0 heterocycles. The number of hydrogen-bond donors (Lipinski definition) is 1. The second-order valence-corrected chi connectivity index (χ2v) is 3.01. The third-order valence-corrected chi connectivity index (χ3v) is 1.99. The molecule has 0 fully saturated rings. The molecule has 0 spiro atoms. The summed E-state index contributed by atoms with van der Waals surface area (Å²) < 4.78 is 0. The lowest BCUT2D eigenvalue weighted by atomic mass is 10.0. The van der Waals surface area contributed by atoms with Crippen LogP contribution in [0.3, 0.4) is 0 Å². The molecule has 14 heavy (non-hydrogen) atoms. The van der Waals surface area contributed by atoms with Crippen molar-refractivity contribution in [2.45, 2.75) is 34.6 Å². The normalized spacial score (nSPS) is 8.93. The van der Waals surface area contributed by atoms with E-state index in [1.807, 2.05) is 27.7 Å². The third-order valence-electron chi connectivity index (χ3n) is 1.99. The molecule has 1 rings (SSSR count). The molecule has 0 bridgehead atoms. The Morgan fingerprint density at radius 2 is 1.57 bits per heavy atom. The molecule has 0 aliphatic carbocycles. The SMILES string of the molecule is CC.CC(=O)c1cc(C)c(C)cc1O. The van der Waals surface area contributed by atoms with Gasteiger partial charge in [0.2, 0.25) is 0 Å². The van der Waals surface area contributed by atoms with E-state index >= 15 is 0 Å². The first-order chi connectivity index (χ1) is 6.52. The summed E-state index contributed by atoms with van der Waals surface area (Å²) in [6.45, 7) is 9.27. The van der Waals surface area contributed by atoms with E-state index in [0.29, 0.717) is 5.56 Å². The first-order valence-electron chi connectivity index (χ1n) is 4.83. The van der Waals surface area contributed by atoms with Gasteiger partial charge in [-0.3, -0.25) is 4.79 Å². The van der Waals surface area contributed by atoms with Crippen LogP contribution in [0.1, 0.15) is 42.3 Å². The number of aromatic hydroxyl groups is 1. The van der Waals surface area contributed by atoms with Crippen LogP contribution in [0.15, 0.2) is 12.1 Å². The van der Waals surface area contributed by atoms with Crippen LogP contribution in [-0.4, -0.2) is 10.9 Å². The summed E-state index contributed by atoms with van der Waals surface area (Å²) in [6.07, 6.45) is 0. The van der Waals surface area contributed by atoms with E-state index in [-0.39, 0.29) is 11.5 Å². The van der Waals surface area contributed by atoms with E-state index in [4.69, 9.17) is 0 Å². The molecule has 0 aliphatic rings. The van der Waals surface area contributed by atoms with E-state index < -0.39 is 0 Å². The Morgan fingerprint density at radius 1 is 1.14 bits per heavy atom. The van der Waals surface area contributed by atoms with Crippen molar-refractivity contribution < 1.29 is 9.90 Å². The minimum Gasteiger partial charge on any atom is -0.507 e. The number of carbonyl (C=O) groups is 1. The Morgan fingerprint density at radius 3 is 2.00 bits per heavy atom. The van der Waals surface area contributed by atoms with Crippen molar-refractivity contribution in [3.05, 3.63) is 28.8 Å². The fourth-order valence-electron chi connectivity index (χ4n) is 1.08. The van der Waals surface area contributed by atoms with Gasteiger partial charge in [-0.05, 0) is 44.0 Å². The zero-order valence-electron chi connectivity index (χ0n) is 9.51. The number of aryl methyl sites for hydroxylation is 2. The summed E-state index contributed by atoms with van der Waals surface area (Å²) in [5.74, 6) is -0.0267. The zero-order valence-corrected chi connectivity index (χ0v) is 9.51. The first kappa shape index (κ1) is 12.7. The summed E-state index contributed by atoms with van der Waals surface area (Å²) in [4.78, 5) is 11.0. The van der Waals surface area contributed by atoms with Gasteiger partial charge in [-0.1, -0.05) is 13.8 Å². The highest BCUT2D eigenvalue weighted by Crippen LogP contribution is 2.21. The van der Waals surface area contributed by atoms with E-state index in [9.17, 15) is 9.90 Å². The molecule has 0 aliphatic heterocycles. The minimum atomic E-state index is -0.101. The van der Waals surface area contributed by atoms with Crippen molar-refractivity contribution in [1.29, 1.82) is 0 Å². The molecule has 0 aromatic heterocycles. The van der Waals surface area contributed by atoms with E-state index in [1.54, 1.807) is 12.1 Å². The molecular weight excluding hydrogens is 176 g/mol. The molecular formula is C12H18O2. The molecule has 0 saturated carbocycles. The number of rotatable bonds is 1. The third kappa shape index (κ3) is 2.87. The van der Waals surface area contributed by atoms with Gasteiger partial charge in [-0.15, -0.1) is 0 Å². The fourth-order valence-corrected chi connectivity index (χ4v) is 1.08. The quantitative estimate of drug-likeness (QED) is 0.697. The number of phenolic OH excluding ortho intramolecular Hbond substituents is 1. The van der Waals surface area contributed by atoms with E-state index in [0.717, 1.165) is 11.1 Å². The van der Waals surface area contributed by atoms with Crippen LogP contribution in [0.4, 0.5) is 0 Å². The number of phenols is 1. The summed E-state index contributed by atoms with van der Waals surface area (Å²) in [5.41, 5.74) is 2.42. The number of hydrogen-bond acceptors (Lipinski definition) is 2.